The standard InChI is InChI=1S/C54H40N6O.Pt/c1-54(2,3)34-28-29-55-47(30-34)60-46-32-38(61-37-19-15-18-36(31-37)59-33-58(35-16-7-6-8-17-35)44-24-13-14-25-45(44)59)26-27-41(46)50-52-48(39-20-9-11-22-42(39)56(52)4)51-49(53(50)60)40-21-10-12-23-43(40)57(51)5;/h6-30H,1-5H3;/q-2;. The van der Waals surface area contributed by atoms with E-state index in [9.17, 15) is 0 Å². The molecule has 0 atom stereocenters. The van der Waals surface area contributed by atoms with Crippen molar-refractivity contribution in [3.63, 3.8) is 0 Å². The molecule has 62 heavy (non-hydrogen) atoms. The van der Waals surface area contributed by atoms with Gasteiger partial charge in [0.25, 0.3) is 6.33 Å². The molecule has 304 valence electrons. The van der Waals surface area contributed by atoms with Crippen LogP contribution in [0.25, 0.3) is 93.6 Å². The Bertz CT molecular complexity index is 3750. The Morgan fingerprint density at radius 2 is 1.19 bits per heavy atom. The zero-order valence-corrected chi connectivity index (χ0v) is 37.1. The summed E-state index contributed by atoms with van der Waals surface area (Å²) in [6.07, 6.45) is 5.51. The van der Waals surface area contributed by atoms with Crippen molar-refractivity contribution in [3.05, 3.63) is 176 Å². The third-order valence-corrected chi connectivity index (χ3v) is 12.4. The Balaban J connectivity index is 0.00000432. The molecule has 0 saturated heterocycles. The van der Waals surface area contributed by atoms with E-state index in [1.54, 1.807) is 0 Å². The van der Waals surface area contributed by atoms with Crippen molar-refractivity contribution in [1.82, 2.24) is 23.3 Å². The Morgan fingerprint density at radius 1 is 0.581 bits per heavy atom. The number of imidazole rings is 1. The molecule has 8 heteroatoms. The smallest absolute Gasteiger partial charge is 0.268 e. The molecule has 0 saturated carbocycles. The van der Waals surface area contributed by atoms with Gasteiger partial charge in [0.15, 0.2) is 0 Å². The monoisotopic (exact) mass is 983 g/mol. The minimum atomic E-state index is -0.0873. The van der Waals surface area contributed by atoms with Crippen LogP contribution in [0.3, 0.4) is 0 Å². The van der Waals surface area contributed by atoms with Gasteiger partial charge < -0.3 is 23.0 Å². The SMILES string of the molecule is Cn1c2ccccc2c2c1c1c3ccc(Oc4[c-]c(-[n+]5[c-]n(-c6ccccc6)c6ccccc65)ccc4)[c-]c3n(-c3cc(C(C)(C)C)ccn3)c1c1c3ccccc3n(C)c21.[Pt]. The second kappa shape index (κ2) is 14.0. The molecule has 0 unspecified atom stereocenters. The van der Waals surface area contributed by atoms with Crippen LogP contribution < -0.4 is 9.30 Å². The molecule has 5 heterocycles. The maximum Gasteiger partial charge on any atom is 0.268 e. The molecule has 7 aromatic carbocycles. The van der Waals surface area contributed by atoms with E-state index in [1.807, 2.05) is 53.2 Å². The number of rotatable bonds is 5. The van der Waals surface area contributed by atoms with Gasteiger partial charge in [-0.1, -0.05) is 111 Å². The van der Waals surface area contributed by atoms with E-state index >= 15 is 0 Å². The second-order valence-corrected chi connectivity index (χ2v) is 17.0. The van der Waals surface area contributed by atoms with E-state index in [2.05, 4.69) is 175 Å². The van der Waals surface area contributed by atoms with Crippen molar-refractivity contribution in [2.45, 2.75) is 26.2 Å². The van der Waals surface area contributed by atoms with Crippen LogP contribution in [0.4, 0.5) is 0 Å². The van der Waals surface area contributed by atoms with Crippen LogP contribution in [0, 0.1) is 18.5 Å². The number of pyridine rings is 1. The van der Waals surface area contributed by atoms with Crippen LogP contribution >= 0.6 is 0 Å². The van der Waals surface area contributed by atoms with Crippen molar-refractivity contribution in [1.29, 1.82) is 0 Å². The average molecular weight is 984 g/mol. The van der Waals surface area contributed by atoms with E-state index in [0.29, 0.717) is 11.5 Å². The summed E-state index contributed by atoms with van der Waals surface area (Å²) in [6.45, 7) is 6.74. The van der Waals surface area contributed by atoms with E-state index < -0.39 is 0 Å². The second-order valence-electron chi connectivity index (χ2n) is 17.0. The topological polar surface area (TPSA) is 45.7 Å². The summed E-state index contributed by atoms with van der Waals surface area (Å²) < 4.78 is 17.9. The first-order valence-corrected chi connectivity index (χ1v) is 20.7. The van der Waals surface area contributed by atoms with Gasteiger partial charge in [0.05, 0.1) is 27.8 Å². The number of ether oxygens (including phenoxy) is 1. The van der Waals surface area contributed by atoms with Gasteiger partial charge in [0, 0.05) is 91.0 Å². The van der Waals surface area contributed by atoms with Gasteiger partial charge in [0.2, 0.25) is 0 Å². The zero-order chi connectivity index (χ0) is 41.1. The van der Waals surface area contributed by atoms with Crippen LogP contribution in [-0.2, 0) is 40.6 Å². The molecule has 7 nitrogen and oxygen atoms in total. The quantitative estimate of drug-likeness (QED) is 0.127. The van der Waals surface area contributed by atoms with Crippen molar-refractivity contribution < 1.29 is 30.4 Å². The summed E-state index contributed by atoms with van der Waals surface area (Å²) in [7, 11) is 4.39. The normalized spacial score (nSPS) is 12.1. The first-order valence-electron chi connectivity index (χ1n) is 20.7. The molecule has 0 aliphatic heterocycles. The number of para-hydroxylation sites is 5. The van der Waals surface area contributed by atoms with Crippen molar-refractivity contribution in [2.24, 2.45) is 14.1 Å². The molecular formula is C54H40N6OPt-2. The third-order valence-electron chi connectivity index (χ3n) is 12.4. The Hall–Kier alpha value is -6.95. The summed E-state index contributed by atoms with van der Waals surface area (Å²) >= 11 is 0. The number of nitrogens with zero attached hydrogens (tertiary/aromatic N) is 6. The zero-order valence-electron chi connectivity index (χ0n) is 34.8. The molecule has 0 aliphatic carbocycles. The minimum Gasteiger partial charge on any atom is -0.510 e. The van der Waals surface area contributed by atoms with E-state index in [1.165, 1.54) is 49.2 Å². The fourth-order valence-corrected chi connectivity index (χ4v) is 9.57. The molecule has 0 spiro atoms. The van der Waals surface area contributed by atoms with E-state index in [0.717, 1.165) is 50.0 Å². The van der Waals surface area contributed by atoms with E-state index in [4.69, 9.17) is 9.72 Å². The maximum absolute atomic E-state index is 6.75. The predicted octanol–water partition coefficient (Wildman–Crippen LogP) is 12.2. The summed E-state index contributed by atoms with van der Waals surface area (Å²) in [6, 6.07) is 58.0. The average Bonchev–Trinajstić information content (AvgIpc) is 4.01. The predicted molar refractivity (Wildman–Crippen MR) is 247 cm³/mol. The number of hydrogen-bond donors (Lipinski definition) is 0. The van der Waals surface area contributed by atoms with Gasteiger partial charge in [0.1, 0.15) is 5.82 Å². The molecule has 5 aromatic heterocycles. The molecular weight excluding hydrogens is 944 g/mol. The van der Waals surface area contributed by atoms with Crippen LogP contribution in [-0.4, -0.2) is 23.3 Å². The molecule has 0 fully saturated rings. The molecule has 12 rings (SSSR count). The first-order chi connectivity index (χ1) is 29.7. The van der Waals surface area contributed by atoms with Gasteiger partial charge in [-0.3, -0.25) is 4.57 Å². The van der Waals surface area contributed by atoms with Gasteiger partial charge >= 0.3 is 0 Å². The molecule has 0 bridgehead atoms. The fourth-order valence-electron chi connectivity index (χ4n) is 9.57. The summed E-state index contributed by atoms with van der Waals surface area (Å²) in [5, 5.41) is 7.09. The Kier molecular flexibility index (Phi) is 8.61. The Morgan fingerprint density at radius 3 is 1.90 bits per heavy atom. The van der Waals surface area contributed by atoms with Crippen molar-refractivity contribution in [2.75, 3.05) is 0 Å². The van der Waals surface area contributed by atoms with Crippen molar-refractivity contribution >= 4 is 76.5 Å². The molecule has 0 N–H and O–H groups in total. The molecule has 12 aromatic rings. The van der Waals surface area contributed by atoms with Gasteiger partial charge in [-0.25, -0.2) is 4.98 Å². The number of fused-ring (bicyclic) bond motifs is 13. The third kappa shape index (κ3) is 5.54. The maximum atomic E-state index is 6.75. The van der Waals surface area contributed by atoms with Gasteiger partial charge in [-0.2, -0.15) is 18.2 Å². The number of aryl methyl sites for hydroxylation is 2. The fraction of sp³-hybridized carbons (Fsp3) is 0.111. The van der Waals surface area contributed by atoms with Crippen LogP contribution in [0.5, 0.6) is 11.5 Å². The number of hydrogen-bond acceptors (Lipinski definition) is 2. The van der Waals surface area contributed by atoms with E-state index in [-0.39, 0.29) is 26.5 Å². The Labute approximate surface area is 372 Å². The van der Waals surface area contributed by atoms with Gasteiger partial charge in [-0.15, -0.1) is 24.3 Å². The summed E-state index contributed by atoms with van der Waals surface area (Å²) in [5.41, 5.74) is 11.8. The number of benzene rings is 7. The van der Waals surface area contributed by atoms with Crippen LogP contribution in [0.1, 0.15) is 26.3 Å². The summed E-state index contributed by atoms with van der Waals surface area (Å²) in [5.74, 6) is 2.00. The molecule has 0 amide bonds. The number of aromatic nitrogens is 6. The van der Waals surface area contributed by atoms with Gasteiger partial charge in [-0.05, 0) is 58.5 Å². The van der Waals surface area contributed by atoms with Crippen LogP contribution in [0.2, 0.25) is 0 Å². The molecule has 0 radical (unpaired) electrons. The van der Waals surface area contributed by atoms with Crippen molar-refractivity contribution in [3.8, 4) is 28.7 Å². The first kappa shape index (κ1) is 38.0. The van der Waals surface area contributed by atoms with Crippen LogP contribution in [0.15, 0.2) is 152 Å². The molecule has 0 aliphatic rings. The minimum absolute atomic E-state index is 0. The largest absolute Gasteiger partial charge is 0.510 e. The summed E-state index contributed by atoms with van der Waals surface area (Å²) in [4.78, 5) is 5.12.